The Morgan fingerprint density at radius 1 is 1.22 bits per heavy atom. The van der Waals surface area contributed by atoms with Crippen LogP contribution in [-0.4, -0.2) is 27.3 Å². The highest BCUT2D eigenvalue weighted by atomic mass is 35.5. The molecule has 1 unspecified atom stereocenters. The topological polar surface area (TPSA) is 66.1 Å². The van der Waals surface area contributed by atoms with E-state index in [0.717, 1.165) is 43.2 Å². The zero-order valence-corrected chi connectivity index (χ0v) is 16.2. The zero-order valence-electron chi connectivity index (χ0n) is 14.6. The monoisotopic (exact) mass is 399 g/mol. The summed E-state index contributed by atoms with van der Waals surface area (Å²) < 4.78 is 0. The number of aryl methyl sites for hydroxylation is 2. The van der Waals surface area contributed by atoms with E-state index in [1.807, 2.05) is 29.2 Å². The number of carbonyl (C=O) groups excluding carboxylic acids is 1. The van der Waals surface area contributed by atoms with Crippen molar-refractivity contribution in [3.63, 3.8) is 0 Å². The molecule has 1 N–H and O–H groups in total. The summed E-state index contributed by atoms with van der Waals surface area (Å²) in [7, 11) is 0. The molecule has 1 aromatic carbocycles. The number of likely N-dealkylation sites (tertiary alicyclic amines) is 1. The molecular formula is C20H18ClN3O2S. The molecule has 1 aliphatic heterocycles. The van der Waals surface area contributed by atoms with Crippen LogP contribution in [0.15, 0.2) is 29.1 Å². The number of aromatic amines is 1. The lowest BCUT2D eigenvalue weighted by Gasteiger charge is -2.24. The molecule has 0 spiro atoms. The Bertz CT molecular complexity index is 1100. The molecule has 5 nitrogen and oxygen atoms in total. The van der Waals surface area contributed by atoms with Gasteiger partial charge in [-0.05, 0) is 55.4 Å². The Morgan fingerprint density at radius 3 is 2.85 bits per heavy atom. The van der Waals surface area contributed by atoms with Crippen LogP contribution in [0.4, 0.5) is 0 Å². The number of rotatable bonds is 2. The highest BCUT2D eigenvalue weighted by Crippen LogP contribution is 2.36. The minimum absolute atomic E-state index is 0.0101. The number of nitrogens with zero attached hydrogens (tertiary/aromatic N) is 2. The third kappa shape index (κ3) is 2.78. The van der Waals surface area contributed by atoms with E-state index in [1.165, 1.54) is 4.88 Å². The molecular weight excluding hydrogens is 382 g/mol. The normalized spacial score (nSPS) is 19.0. The van der Waals surface area contributed by atoms with Gasteiger partial charge in [0.15, 0.2) is 0 Å². The number of amides is 1. The highest BCUT2D eigenvalue weighted by molar-refractivity contribution is 7.18. The molecule has 0 saturated carbocycles. The van der Waals surface area contributed by atoms with E-state index in [2.05, 4.69) is 9.97 Å². The molecule has 2 aromatic heterocycles. The molecule has 138 valence electrons. The fourth-order valence-corrected chi connectivity index (χ4v) is 5.67. The predicted molar refractivity (Wildman–Crippen MR) is 107 cm³/mol. The van der Waals surface area contributed by atoms with Crippen molar-refractivity contribution in [1.82, 2.24) is 14.9 Å². The fraction of sp³-hybridized carbons (Fsp3) is 0.350. The van der Waals surface area contributed by atoms with E-state index in [4.69, 9.17) is 11.6 Å². The van der Waals surface area contributed by atoms with Crippen molar-refractivity contribution >= 4 is 39.1 Å². The maximum Gasteiger partial charge on any atom is 0.290 e. The summed E-state index contributed by atoms with van der Waals surface area (Å²) in [5, 5.41) is 1.36. The summed E-state index contributed by atoms with van der Waals surface area (Å²) in [6.07, 6.45) is 4.85. The van der Waals surface area contributed by atoms with E-state index in [-0.39, 0.29) is 23.3 Å². The predicted octanol–water partition coefficient (Wildman–Crippen LogP) is 4.10. The second-order valence-electron chi connectivity index (χ2n) is 7.16. The largest absolute Gasteiger partial charge is 0.329 e. The third-order valence-corrected chi connectivity index (χ3v) is 6.98. The maximum absolute atomic E-state index is 13.1. The Kier molecular flexibility index (Phi) is 4.06. The van der Waals surface area contributed by atoms with Gasteiger partial charge in [0.25, 0.3) is 11.5 Å². The number of halogens is 1. The smallest absolute Gasteiger partial charge is 0.290 e. The van der Waals surface area contributed by atoms with Crippen LogP contribution in [0.2, 0.25) is 5.02 Å². The molecule has 7 heteroatoms. The minimum Gasteiger partial charge on any atom is -0.329 e. The van der Waals surface area contributed by atoms with Gasteiger partial charge >= 0.3 is 0 Å². The van der Waals surface area contributed by atoms with Gasteiger partial charge in [0.2, 0.25) is 5.82 Å². The van der Waals surface area contributed by atoms with Crippen molar-refractivity contribution in [2.75, 3.05) is 6.54 Å². The highest BCUT2D eigenvalue weighted by Gasteiger charge is 2.32. The summed E-state index contributed by atoms with van der Waals surface area (Å²) in [6.45, 7) is 0.662. The summed E-state index contributed by atoms with van der Waals surface area (Å²) in [5.41, 5.74) is 2.00. The van der Waals surface area contributed by atoms with E-state index >= 15 is 0 Å². The van der Waals surface area contributed by atoms with Gasteiger partial charge < -0.3 is 9.88 Å². The maximum atomic E-state index is 13.1. The molecule has 1 fully saturated rings. The summed E-state index contributed by atoms with van der Waals surface area (Å²) in [6, 6.07) is 7.60. The number of hydrogen-bond donors (Lipinski definition) is 1. The number of carbonyl (C=O) groups is 1. The van der Waals surface area contributed by atoms with Crippen molar-refractivity contribution in [3.8, 4) is 0 Å². The van der Waals surface area contributed by atoms with Crippen molar-refractivity contribution in [2.24, 2.45) is 0 Å². The lowest BCUT2D eigenvalue weighted by molar-refractivity contribution is 0.0723. The molecule has 0 radical (unpaired) electrons. The average molecular weight is 400 g/mol. The quantitative estimate of drug-likeness (QED) is 0.705. The first kappa shape index (κ1) is 17.0. The van der Waals surface area contributed by atoms with Gasteiger partial charge in [0, 0.05) is 16.4 Å². The SMILES string of the molecule is O=C(c1nc2sc3c(c2c(=O)[nH]1)CCC3)N1CCCC1c1ccc(Cl)cc1. The molecule has 2 aliphatic rings. The summed E-state index contributed by atoms with van der Waals surface area (Å²) >= 11 is 7.55. The minimum atomic E-state index is -0.208. The molecule has 27 heavy (non-hydrogen) atoms. The lowest BCUT2D eigenvalue weighted by atomic mass is 10.0. The van der Waals surface area contributed by atoms with Crippen LogP contribution >= 0.6 is 22.9 Å². The number of aromatic nitrogens is 2. The van der Waals surface area contributed by atoms with Gasteiger partial charge in [-0.2, -0.15) is 0 Å². The number of H-pyrrole nitrogens is 1. The van der Waals surface area contributed by atoms with E-state index in [9.17, 15) is 9.59 Å². The standard InChI is InChI=1S/C20H18ClN3O2S/c21-12-8-6-11(7-9-12)14-4-2-10-24(14)20(26)17-22-18(25)16-13-3-1-5-15(13)27-19(16)23-17/h6-9,14H,1-5,10H2,(H,22,23,25). The molecule has 1 aliphatic carbocycles. The van der Waals surface area contributed by atoms with Crippen molar-refractivity contribution in [1.29, 1.82) is 0 Å². The average Bonchev–Trinajstić information content (AvgIpc) is 3.36. The Labute approximate surface area is 165 Å². The van der Waals surface area contributed by atoms with Crippen molar-refractivity contribution in [3.05, 3.63) is 61.5 Å². The first-order chi connectivity index (χ1) is 13.1. The zero-order chi connectivity index (χ0) is 18.5. The second kappa shape index (κ2) is 6.46. The summed E-state index contributed by atoms with van der Waals surface area (Å²) in [4.78, 5) is 36.8. The lowest BCUT2D eigenvalue weighted by Crippen LogP contribution is -2.33. The molecule has 0 bridgehead atoms. The second-order valence-corrected chi connectivity index (χ2v) is 8.68. The van der Waals surface area contributed by atoms with E-state index < -0.39 is 0 Å². The molecule has 1 amide bonds. The van der Waals surface area contributed by atoms with Gasteiger partial charge in [-0.25, -0.2) is 4.98 Å². The Morgan fingerprint density at radius 2 is 2.04 bits per heavy atom. The molecule has 1 atom stereocenters. The van der Waals surface area contributed by atoms with Gasteiger partial charge in [0.05, 0.1) is 11.4 Å². The van der Waals surface area contributed by atoms with Crippen LogP contribution < -0.4 is 5.56 Å². The Hall–Kier alpha value is -2.18. The van der Waals surface area contributed by atoms with E-state index in [0.29, 0.717) is 21.8 Å². The number of fused-ring (bicyclic) bond motifs is 3. The number of nitrogens with one attached hydrogen (secondary N) is 1. The van der Waals surface area contributed by atoms with Crippen molar-refractivity contribution in [2.45, 2.75) is 38.1 Å². The van der Waals surface area contributed by atoms with Crippen LogP contribution in [0.5, 0.6) is 0 Å². The summed E-state index contributed by atoms with van der Waals surface area (Å²) in [5.74, 6) is -0.0618. The first-order valence-electron chi connectivity index (χ1n) is 9.23. The fourth-order valence-electron chi connectivity index (χ4n) is 4.28. The first-order valence-corrected chi connectivity index (χ1v) is 10.4. The molecule has 5 rings (SSSR count). The van der Waals surface area contributed by atoms with Crippen LogP contribution in [0.3, 0.4) is 0 Å². The van der Waals surface area contributed by atoms with Crippen LogP contribution in [-0.2, 0) is 12.8 Å². The number of thiophene rings is 1. The van der Waals surface area contributed by atoms with Crippen LogP contribution in [0.1, 0.15) is 51.9 Å². The molecule has 1 saturated heterocycles. The van der Waals surface area contributed by atoms with E-state index in [1.54, 1.807) is 11.3 Å². The van der Waals surface area contributed by atoms with Gasteiger partial charge in [-0.3, -0.25) is 9.59 Å². The van der Waals surface area contributed by atoms with Crippen LogP contribution in [0, 0.1) is 0 Å². The van der Waals surface area contributed by atoms with Gasteiger partial charge in [-0.15, -0.1) is 11.3 Å². The Balaban J connectivity index is 1.51. The molecule has 3 heterocycles. The van der Waals surface area contributed by atoms with Crippen molar-refractivity contribution < 1.29 is 4.79 Å². The molecule has 3 aromatic rings. The van der Waals surface area contributed by atoms with Crippen LogP contribution in [0.25, 0.3) is 10.2 Å². The van der Waals surface area contributed by atoms with Gasteiger partial charge in [0.1, 0.15) is 4.83 Å². The number of hydrogen-bond acceptors (Lipinski definition) is 4. The van der Waals surface area contributed by atoms with Gasteiger partial charge in [-0.1, -0.05) is 23.7 Å². The number of benzene rings is 1. The third-order valence-electron chi connectivity index (χ3n) is 5.55.